The summed E-state index contributed by atoms with van der Waals surface area (Å²) in [4.78, 5) is 8.47. The molecule has 0 aliphatic rings. The standard InChI is InChI=1S/C11H9N.C11H8N.2C2H6.2CH3.Ir.2Y/c2*1-2-6-10(7-3-1)11-8-4-5-9-12-11;2*1-2;;;;;/h1-9H;1-6,8-9H;2*1-2H3;2*1H3;;;/q;-1;;;2*-1;;;. The molecular weight excluding hydrogens is 734 g/mol. The summed E-state index contributed by atoms with van der Waals surface area (Å²) in [5, 5.41) is 0. The van der Waals surface area contributed by atoms with Crippen LogP contribution >= 0.6 is 0 Å². The molecule has 0 aliphatic carbocycles. The molecule has 175 valence electrons. The molecule has 0 N–H and O–H groups in total. The van der Waals surface area contributed by atoms with E-state index in [1.165, 1.54) is 0 Å². The smallest absolute Gasteiger partial charge is 0.0701 e. The van der Waals surface area contributed by atoms with Crippen LogP contribution in [0.25, 0.3) is 22.5 Å². The van der Waals surface area contributed by atoms with Gasteiger partial charge < -0.3 is 19.8 Å². The maximum atomic E-state index is 4.25. The number of aromatic nitrogens is 2. The maximum Gasteiger partial charge on any atom is 0.0701 e. The minimum absolute atomic E-state index is 0. The van der Waals surface area contributed by atoms with Gasteiger partial charge >= 0.3 is 0 Å². The van der Waals surface area contributed by atoms with Gasteiger partial charge in [-0.05, 0) is 23.9 Å². The molecule has 0 saturated carbocycles. The monoisotopic (exact) mass is 770 g/mol. The summed E-state index contributed by atoms with van der Waals surface area (Å²) in [7, 11) is 0. The van der Waals surface area contributed by atoms with Crippen molar-refractivity contribution >= 4 is 0 Å². The fourth-order valence-corrected chi connectivity index (χ4v) is 2.22. The number of nitrogens with zero attached hydrogens (tertiary/aromatic N) is 2. The molecule has 0 aliphatic heterocycles. The Morgan fingerprint density at radius 2 is 1.00 bits per heavy atom. The van der Waals surface area contributed by atoms with E-state index in [9.17, 15) is 0 Å². The quantitative estimate of drug-likeness (QED) is 0.192. The van der Waals surface area contributed by atoms with Crippen molar-refractivity contribution in [1.29, 1.82) is 0 Å². The van der Waals surface area contributed by atoms with E-state index in [0.717, 1.165) is 22.5 Å². The summed E-state index contributed by atoms with van der Waals surface area (Å²) in [6, 6.07) is 32.9. The topological polar surface area (TPSA) is 25.8 Å². The largest absolute Gasteiger partial charge is 0.358 e. The fourth-order valence-electron chi connectivity index (χ4n) is 2.22. The normalized spacial score (nSPS) is 7.39. The van der Waals surface area contributed by atoms with Crippen molar-refractivity contribution in [3.63, 3.8) is 0 Å². The number of rotatable bonds is 2. The van der Waals surface area contributed by atoms with Gasteiger partial charge in [-0.25, -0.2) is 0 Å². The van der Waals surface area contributed by atoms with E-state index in [0.29, 0.717) is 0 Å². The first-order valence-corrected chi connectivity index (χ1v) is 9.78. The van der Waals surface area contributed by atoms with Crippen molar-refractivity contribution in [2.75, 3.05) is 0 Å². The van der Waals surface area contributed by atoms with Crippen LogP contribution < -0.4 is 0 Å². The van der Waals surface area contributed by atoms with Gasteiger partial charge in [-0.15, -0.1) is 35.9 Å². The van der Waals surface area contributed by atoms with Gasteiger partial charge in [0.25, 0.3) is 0 Å². The summed E-state index contributed by atoms with van der Waals surface area (Å²) in [6.07, 6.45) is 3.60. The van der Waals surface area contributed by atoms with Crippen LogP contribution in [0.3, 0.4) is 0 Å². The van der Waals surface area contributed by atoms with Gasteiger partial charge in [0.05, 0.1) is 5.69 Å². The second-order valence-corrected chi connectivity index (χ2v) is 5.07. The van der Waals surface area contributed by atoms with Gasteiger partial charge in [-0.1, -0.05) is 76.2 Å². The van der Waals surface area contributed by atoms with Crippen LogP contribution in [0.1, 0.15) is 27.7 Å². The molecule has 0 bridgehead atoms. The Hall–Kier alpha value is -0.403. The van der Waals surface area contributed by atoms with Crippen LogP contribution in [0.15, 0.2) is 103 Å². The van der Waals surface area contributed by atoms with E-state index in [4.69, 9.17) is 0 Å². The van der Waals surface area contributed by atoms with E-state index in [1.807, 2.05) is 113 Å². The number of hydrogen-bond donors (Lipinski definition) is 0. The van der Waals surface area contributed by atoms with Crippen LogP contribution in [0.4, 0.5) is 0 Å². The Kier molecular flexibility index (Phi) is 38.4. The first-order valence-electron chi connectivity index (χ1n) is 9.78. The molecule has 2 heterocycles. The van der Waals surface area contributed by atoms with Crippen molar-refractivity contribution in [3.05, 3.63) is 124 Å². The molecule has 2 aromatic carbocycles. The van der Waals surface area contributed by atoms with Crippen LogP contribution in [0, 0.1) is 20.9 Å². The van der Waals surface area contributed by atoms with Crippen LogP contribution in [-0.4, -0.2) is 9.97 Å². The minimum Gasteiger partial charge on any atom is -0.358 e. The predicted molar refractivity (Wildman–Crippen MR) is 134 cm³/mol. The zero-order chi connectivity index (χ0) is 20.5. The summed E-state index contributed by atoms with van der Waals surface area (Å²) in [5.41, 5.74) is 4.20. The van der Waals surface area contributed by atoms with Crippen molar-refractivity contribution in [3.8, 4) is 22.5 Å². The third-order valence-corrected chi connectivity index (χ3v) is 3.38. The van der Waals surface area contributed by atoms with Gasteiger partial charge in [0.15, 0.2) is 0 Å². The zero-order valence-corrected chi connectivity index (χ0v) is 28.8. The summed E-state index contributed by atoms with van der Waals surface area (Å²) >= 11 is 0. The van der Waals surface area contributed by atoms with Crippen molar-refractivity contribution in [1.82, 2.24) is 9.97 Å². The third kappa shape index (κ3) is 17.7. The summed E-state index contributed by atoms with van der Waals surface area (Å²) in [6.45, 7) is 8.00. The molecule has 2 nitrogen and oxygen atoms in total. The van der Waals surface area contributed by atoms with E-state index in [1.54, 1.807) is 6.20 Å². The van der Waals surface area contributed by atoms with E-state index < -0.39 is 0 Å². The predicted octanol–water partition coefficient (Wildman–Crippen LogP) is 8.24. The SMILES string of the molecule is CC.CC.[CH3-].[CH3-].[Ir].[Y].[Y].[c-]1ccccc1-c1ccccn1.c1ccc(-c2ccccn2)cc1. The first-order chi connectivity index (χ1) is 13.9. The molecule has 0 unspecified atom stereocenters. The number of benzene rings is 2. The van der Waals surface area contributed by atoms with Crippen LogP contribution in [0.2, 0.25) is 0 Å². The molecule has 2 aromatic heterocycles. The molecule has 0 saturated heterocycles. The molecule has 33 heavy (non-hydrogen) atoms. The van der Waals surface area contributed by atoms with E-state index >= 15 is 0 Å². The van der Waals surface area contributed by atoms with E-state index in [2.05, 4.69) is 28.2 Å². The van der Waals surface area contributed by atoms with E-state index in [-0.39, 0.29) is 100 Å². The van der Waals surface area contributed by atoms with Crippen LogP contribution in [-0.2, 0) is 85.5 Å². The molecular formula is C28H35IrN2Y2-3. The second-order valence-electron chi connectivity index (χ2n) is 5.07. The average molecular weight is 770 g/mol. The average Bonchev–Trinajstić information content (AvgIpc) is 2.84. The van der Waals surface area contributed by atoms with Gasteiger partial charge in [-0.3, -0.25) is 4.98 Å². The Bertz CT molecular complexity index is 698. The van der Waals surface area contributed by atoms with Gasteiger partial charge in [0, 0.05) is 103 Å². The Morgan fingerprint density at radius 3 is 1.42 bits per heavy atom. The molecule has 4 aromatic rings. The molecule has 0 spiro atoms. The second kappa shape index (κ2) is 29.6. The molecule has 0 amide bonds. The van der Waals surface area contributed by atoms with Gasteiger partial charge in [0.1, 0.15) is 0 Å². The minimum atomic E-state index is 0. The third-order valence-electron chi connectivity index (χ3n) is 3.38. The number of hydrogen-bond acceptors (Lipinski definition) is 2. The van der Waals surface area contributed by atoms with Crippen molar-refractivity contribution in [2.24, 2.45) is 0 Å². The number of pyridine rings is 2. The molecule has 0 atom stereocenters. The Labute approximate surface area is 267 Å². The van der Waals surface area contributed by atoms with Crippen molar-refractivity contribution < 1.29 is 85.5 Å². The Balaban J connectivity index is -0.000000122. The molecule has 4 rings (SSSR count). The van der Waals surface area contributed by atoms with Gasteiger partial charge in [-0.2, -0.15) is 0 Å². The zero-order valence-electron chi connectivity index (χ0n) is 20.7. The maximum absolute atomic E-state index is 4.25. The molecule has 3 radical (unpaired) electrons. The molecule has 5 heteroatoms. The van der Waals surface area contributed by atoms with Crippen LogP contribution in [0.5, 0.6) is 0 Å². The van der Waals surface area contributed by atoms with Crippen molar-refractivity contribution in [2.45, 2.75) is 27.7 Å². The summed E-state index contributed by atoms with van der Waals surface area (Å²) in [5.74, 6) is 0. The van der Waals surface area contributed by atoms with Gasteiger partial charge in [0.2, 0.25) is 0 Å². The first kappa shape index (κ1) is 42.7. The fraction of sp³-hybridized carbons (Fsp3) is 0.143. The Morgan fingerprint density at radius 1 is 0.545 bits per heavy atom. The summed E-state index contributed by atoms with van der Waals surface area (Å²) < 4.78 is 0. The molecule has 0 fully saturated rings.